The van der Waals surface area contributed by atoms with Crippen LogP contribution in [0.3, 0.4) is 0 Å². The van der Waals surface area contributed by atoms with Crippen molar-refractivity contribution in [3.05, 3.63) is 65.5 Å². The molecule has 3 aromatic rings. The van der Waals surface area contributed by atoms with Crippen LogP contribution in [0, 0.1) is 13.8 Å². The van der Waals surface area contributed by atoms with Crippen LogP contribution < -0.4 is 9.47 Å². The predicted molar refractivity (Wildman–Crippen MR) is 121 cm³/mol. The van der Waals surface area contributed by atoms with Crippen molar-refractivity contribution in [3.8, 4) is 22.9 Å². The number of carbonyl (C=O) groups is 1. The average molecular weight is 476 g/mol. The molecule has 0 radical (unpaired) electrons. The molecule has 6 nitrogen and oxygen atoms in total. The van der Waals surface area contributed by atoms with E-state index >= 15 is 0 Å². The zero-order valence-electron chi connectivity index (χ0n) is 19.1. The van der Waals surface area contributed by atoms with Crippen molar-refractivity contribution in [2.24, 2.45) is 0 Å². The Bertz CT molecular complexity index is 1110. The van der Waals surface area contributed by atoms with Gasteiger partial charge >= 0.3 is 12.3 Å². The first-order chi connectivity index (χ1) is 16.1. The number of carboxylic acids is 1. The van der Waals surface area contributed by atoms with Crippen molar-refractivity contribution >= 4 is 5.97 Å². The number of unbranched alkanes of at least 4 members (excludes halogenated alkanes) is 2. The van der Waals surface area contributed by atoms with Gasteiger partial charge in [-0.05, 0) is 69.0 Å². The van der Waals surface area contributed by atoms with E-state index in [1.807, 2.05) is 36.6 Å². The minimum absolute atomic E-state index is 0.154. The van der Waals surface area contributed by atoms with Gasteiger partial charge in [-0.2, -0.15) is 0 Å². The van der Waals surface area contributed by atoms with Gasteiger partial charge in [-0.3, -0.25) is 4.79 Å². The van der Waals surface area contributed by atoms with Gasteiger partial charge in [0, 0.05) is 29.4 Å². The molecule has 0 amide bonds. The van der Waals surface area contributed by atoms with Crippen LogP contribution in [-0.4, -0.2) is 33.6 Å². The van der Waals surface area contributed by atoms with Crippen molar-refractivity contribution in [2.75, 3.05) is 6.61 Å². The van der Waals surface area contributed by atoms with E-state index in [1.165, 1.54) is 12.1 Å². The Kier molecular flexibility index (Phi) is 8.20. The average Bonchev–Trinajstić information content (AvgIpc) is 3.12. The fourth-order valence-electron chi connectivity index (χ4n) is 3.61. The highest BCUT2D eigenvalue weighted by Crippen LogP contribution is 2.29. The predicted octanol–water partition coefficient (Wildman–Crippen LogP) is 6.14. The molecule has 0 atom stereocenters. The van der Waals surface area contributed by atoms with Crippen LogP contribution in [0.4, 0.5) is 13.2 Å². The van der Waals surface area contributed by atoms with E-state index < -0.39 is 12.3 Å². The number of hydrogen-bond donors (Lipinski definition) is 1. The molecule has 2 aromatic carbocycles. The molecule has 0 aliphatic rings. The molecule has 0 spiro atoms. The number of carboxylic acid groups (broad SMARTS) is 1. The summed E-state index contributed by atoms with van der Waals surface area (Å²) in [4.78, 5) is 15.1. The fraction of sp³-hybridized carbons (Fsp3) is 0.360. The first-order valence-corrected chi connectivity index (χ1v) is 11.0. The quantitative estimate of drug-likeness (QED) is 0.337. The second kappa shape index (κ2) is 11.1. The van der Waals surface area contributed by atoms with Crippen molar-refractivity contribution in [3.63, 3.8) is 0 Å². The monoisotopic (exact) mass is 476 g/mol. The number of alkyl halides is 3. The molecule has 0 aliphatic carbocycles. The van der Waals surface area contributed by atoms with Crippen LogP contribution in [-0.2, 0) is 11.3 Å². The normalized spacial score (nSPS) is 11.4. The van der Waals surface area contributed by atoms with E-state index in [0.29, 0.717) is 31.0 Å². The summed E-state index contributed by atoms with van der Waals surface area (Å²) in [6, 6.07) is 11.4. The van der Waals surface area contributed by atoms with Crippen LogP contribution in [0.15, 0.2) is 48.7 Å². The minimum atomic E-state index is -4.74. The molecular weight excluding hydrogens is 449 g/mol. The third kappa shape index (κ3) is 7.00. The van der Waals surface area contributed by atoms with Gasteiger partial charge < -0.3 is 19.1 Å². The number of nitrogens with zero attached hydrogens (tertiary/aromatic N) is 2. The molecule has 0 saturated carbocycles. The third-order valence-corrected chi connectivity index (χ3v) is 5.38. The van der Waals surface area contributed by atoms with Crippen LogP contribution in [0.1, 0.15) is 42.5 Å². The van der Waals surface area contributed by atoms with Crippen molar-refractivity contribution in [2.45, 2.75) is 52.4 Å². The Morgan fingerprint density at radius 1 is 1.06 bits per heavy atom. The molecule has 0 unspecified atom stereocenters. The maximum absolute atomic E-state index is 12.5. The summed E-state index contributed by atoms with van der Waals surface area (Å²) < 4.78 is 49.3. The molecule has 34 heavy (non-hydrogen) atoms. The molecule has 9 heteroatoms. The van der Waals surface area contributed by atoms with Gasteiger partial charge in [0.2, 0.25) is 0 Å². The van der Waals surface area contributed by atoms with Gasteiger partial charge in [0.05, 0.1) is 13.2 Å². The number of benzene rings is 2. The van der Waals surface area contributed by atoms with E-state index in [0.717, 1.165) is 35.4 Å². The molecule has 0 saturated heterocycles. The van der Waals surface area contributed by atoms with Gasteiger partial charge in [0.15, 0.2) is 0 Å². The van der Waals surface area contributed by atoms with Crippen molar-refractivity contribution in [1.29, 1.82) is 0 Å². The number of aryl methyl sites for hydroxylation is 2. The van der Waals surface area contributed by atoms with Crippen molar-refractivity contribution < 1.29 is 32.5 Å². The van der Waals surface area contributed by atoms with Gasteiger partial charge in [-0.15, -0.1) is 13.2 Å². The summed E-state index contributed by atoms with van der Waals surface area (Å²) in [5, 5.41) is 8.73. The molecule has 0 bridgehead atoms. The summed E-state index contributed by atoms with van der Waals surface area (Å²) >= 11 is 0. The Labute approximate surface area is 196 Å². The molecule has 182 valence electrons. The summed E-state index contributed by atoms with van der Waals surface area (Å²) in [5.74, 6) is 0.282. The number of aromatic nitrogens is 2. The van der Waals surface area contributed by atoms with Crippen LogP contribution in [0.2, 0.25) is 0 Å². The summed E-state index contributed by atoms with van der Waals surface area (Å²) in [7, 11) is 0. The molecule has 0 fully saturated rings. The van der Waals surface area contributed by atoms with E-state index in [4.69, 9.17) is 9.84 Å². The lowest BCUT2D eigenvalue weighted by atomic mass is 10.1. The zero-order chi connectivity index (χ0) is 24.7. The second-order valence-corrected chi connectivity index (χ2v) is 7.99. The third-order valence-electron chi connectivity index (χ3n) is 5.38. The highest BCUT2D eigenvalue weighted by atomic mass is 19.4. The lowest BCUT2D eigenvalue weighted by molar-refractivity contribution is -0.274. The Morgan fingerprint density at radius 3 is 2.47 bits per heavy atom. The first kappa shape index (κ1) is 25.1. The summed E-state index contributed by atoms with van der Waals surface area (Å²) in [6.07, 6.45) is -0.731. The number of hydrogen-bond acceptors (Lipinski definition) is 4. The number of imidazole rings is 1. The standard InChI is InChI=1S/C25H27F3N2O4/c1-17-7-6-8-22(33-14-5-3-4-9-23(31)32)21(17)16-30-18(2)15-29-24(30)19-10-12-20(13-11-19)34-25(26,27)28/h6-8,10-13,15H,3-5,9,14,16H2,1-2H3,(H,31,32). The molecule has 1 aromatic heterocycles. The van der Waals surface area contributed by atoms with Gasteiger partial charge in [0.25, 0.3) is 0 Å². The molecule has 3 rings (SSSR count). The largest absolute Gasteiger partial charge is 0.573 e. The Balaban J connectivity index is 1.75. The first-order valence-electron chi connectivity index (χ1n) is 11.0. The number of ether oxygens (including phenoxy) is 2. The maximum atomic E-state index is 12.5. The molecular formula is C25H27F3N2O4. The number of aliphatic carboxylic acids is 1. The van der Waals surface area contributed by atoms with Crippen LogP contribution in [0.5, 0.6) is 11.5 Å². The van der Waals surface area contributed by atoms with E-state index in [2.05, 4.69) is 9.72 Å². The number of halogens is 3. The van der Waals surface area contributed by atoms with E-state index in [1.54, 1.807) is 18.3 Å². The number of rotatable bonds is 11. The van der Waals surface area contributed by atoms with Gasteiger partial charge in [0.1, 0.15) is 17.3 Å². The smallest absolute Gasteiger partial charge is 0.493 e. The van der Waals surface area contributed by atoms with E-state index in [-0.39, 0.29) is 12.2 Å². The van der Waals surface area contributed by atoms with Gasteiger partial charge in [-0.25, -0.2) is 4.98 Å². The minimum Gasteiger partial charge on any atom is -0.493 e. The summed E-state index contributed by atoms with van der Waals surface area (Å²) in [6.45, 7) is 4.86. The lowest BCUT2D eigenvalue weighted by Gasteiger charge is -2.17. The Hall–Kier alpha value is -3.49. The van der Waals surface area contributed by atoms with Crippen LogP contribution >= 0.6 is 0 Å². The highest BCUT2D eigenvalue weighted by molar-refractivity contribution is 5.66. The lowest BCUT2D eigenvalue weighted by Crippen LogP contribution is -2.17. The molecule has 1 N–H and O–H groups in total. The van der Waals surface area contributed by atoms with Crippen molar-refractivity contribution in [1.82, 2.24) is 9.55 Å². The maximum Gasteiger partial charge on any atom is 0.573 e. The topological polar surface area (TPSA) is 73.6 Å². The zero-order valence-corrected chi connectivity index (χ0v) is 19.1. The SMILES string of the molecule is Cc1cccc(OCCCCCC(=O)O)c1Cn1c(C)cnc1-c1ccc(OC(F)(F)F)cc1. The van der Waals surface area contributed by atoms with Gasteiger partial charge in [-0.1, -0.05) is 12.1 Å². The Morgan fingerprint density at radius 2 is 1.79 bits per heavy atom. The second-order valence-electron chi connectivity index (χ2n) is 7.99. The van der Waals surface area contributed by atoms with Crippen LogP contribution in [0.25, 0.3) is 11.4 Å². The fourth-order valence-corrected chi connectivity index (χ4v) is 3.61. The molecule has 0 aliphatic heterocycles. The summed E-state index contributed by atoms with van der Waals surface area (Å²) in [5.41, 5.74) is 3.58. The highest BCUT2D eigenvalue weighted by Gasteiger charge is 2.31. The molecule has 1 heterocycles. The van der Waals surface area contributed by atoms with E-state index in [9.17, 15) is 18.0 Å².